The van der Waals surface area contributed by atoms with E-state index in [1.165, 1.54) is 11.8 Å². The van der Waals surface area contributed by atoms with E-state index in [1.807, 2.05) is 30.3 Å². The van der Waals surface area contributed by atoms with Gasteiger partial charge in [-0.3, -0.25) is 9.89 Å². The Morgan fingerprint density at radius 3 is 2.67 bits per heavy atom. The Labute approximate surface area is 152 Å². The first-order chi connectivity index (χ1) is 11.6. The molecule has 2 aromatic carbocycles. The van der Waals surface area contributed by atoms with Gasteiger partial charge in [0.25, 0.3) is 0 Å². The van der Waals surface area contributed by atoms with Gasteiger partial charge in [-0.1, -0.05) is 65.3 Å². The van der Waals surface area contributed by atoms with Crippen LogP contribution in [0.3, 0.4) is 0 Å². The minimum Gasteiger partial charge on any atom is -0.325 e. The van der Waals surface area contributed by atoms with E-state index in [-0.39, 0.29) is 11.7 Å². The van der Waals surface area contributed by atoms with Crippen molar-refractivity contribution in [3.8, 4) is 11.4 Å². The Bertz CT molecular complexity index is 854. The van der Waals surface area contributed by atoms with Gasteiger partial charge in [-0.05, 0) is 18.2 Å². The summed E-state index contributed by atoms with van der Waals surface area (Å²) in [5, 5.41) is 11.1. The highest BCUT2D eigenvalue weighted by molar-refractivity contribution is 7.99. The molecule has 1 aromatic heterocycles. The lowest BCUT2D eigenvalue weighted by Gasteiger charge is -2.05. The van der Waals surface area contributed by atoms with Crippen LogP contribution in [0.5, 0.6) is 0 Å². The summed E-state index contributed by atoms with van der Waals surface area (Å²) >= 11 is 13.0. The molecule has 8 heteroatoms. The molecule has 0 saturated carbocycles. The smallest absolute Gasteiger partial charge is 0.234 e. The second kappa shape index (κ2) is 7.70. The molecule has 0 aliphatic rings. The van der Waals surface area contributed by atoms with Crippen LogP contribution in [0.25, 0.3) is 11.4 Å². The molecule has 24 heavy (non-hydrogen) atoms. The maximum Gasteiger partial charge on any atom is 0.234 e. The second-order valence-corrected chi connectivity index (χ2v) is 6.56. The number of anilines is 1. The lowest BCUT2D eigenvalue weighted by molar-refractivity contribution is -0.113. The van der Waals surface area contributed by atoms with Crippen molar-refractivity contribution in [2.75, 3.05) is 11.1 Å². The monoisotopic (exact) mass is 378 g/mol. The SMILES string of the molecule is O=C(CSc1n[nH]c(-c2ccccc2)n1)Nc1ccc(Cl)c(Cl)c1. The molecule has 0 radical (unpaired) electrons. The van der Waals surface area contributed by atoms with Crippen LogP contribution in [0.2, 0.25) is 10.0 Å². The highest BCUT2D eigenvalue weighted by atomic mass is 35.5. The Morgan fingerprint density at radius 1 is 1.12 bits per heavy atom. The third-order valence-corrected chi connectivity index (χ3v) is 4.63. The van der Waals surface area contributed by atoms with E-state index in [1.54, 1.807) is 18.2 Å². The largest absolute Gasteiger partial charge is 0.325 e. The fraction of sp³-hybridized carbons (Fsp3) is 0.0625. The van der Waals surface area contributed by atoms with Crippen LogP contribution >= 0.6 is 35.0 Å². The second-order valence-electron chi connectivity index (χ2n) is 4.80. The van der Waals surface area contributed by atoms with Gasteiger partial charge < -0.3 is 5.32 Å². The highest BCUT2D eigenvalue weighted by Gasteiger charge is 2.09. The van der Waals surface area contributed by atoms with Gasteiger partial charge in [0.15, 0.2) is 5.82 Å². The van der Waals surface area contributed by atoms with Crippen molar-refractivity contribution in [1.82, 2.24) is 15.2 Å². The lowest BCUT2D eigenvalue weighted by Crippen LogP contribution is -2.14. The number of carbonyl (C=O) groups is 1. The van der Waals surface area contributed by atoms with E-state index in [0.717, 1.165) is 5.56 Å². The zero-order chi connectivity index (χ0) is 16.9. The molecule has 5 nitrogen and oxygen atoms in total. The van der Waals surface area contributed by atoms with Gasteiger partial charge in [0, 0.05) is 11.3 Å². The number of hydrogen-bond donors (Lipinski definition) is 2. The number of benzene rings is 2. The summed E-state index contributed by atoms with van der Waals surface area (Å²) in [6.07, 6.45) is 0. The number of nitrogens with zero attached hydrogens (tertiary/aromatic N) is 2. The van der Waals surface area contributed by atoms with Crippen LogP contribution in [-0.2, 0) is 4.79 Å². The van der Waals surface area contributed by atoms with Gasteiger partial charge in [0.2, 0.25) is 11.1 Å². The van der Waals surface area contributed by atoms with Crippen LogP contribution in [-0.4, -0.2) is 26.8 Å². The summed E-state index contributed by atoms with van der Waals surface area (Å²) in [5.41, 5.74) is 1.53. The quantitative estimate of drug-likeness (QED) is 0.640. The fourth-order valence-electron chi connectivity index (χ4n) is 1.94. The summed E-state index contributed by atoms with van der Waals surface area (Å²) in [6, 6.07) is 14.6. The van der Waals surface area contributed by atoms with E-state index in [2.05, 4.69) is 20.5 Å². The standard InChI is InChI=1S/C16H12Cl2N4OS/c17-12-7-6-11(8-13(12)18)19-14(23)9-24-16-20-15(21-22-16)10-4-2-1-3-5-10/h1-8H,9H2,(H,19,23)(H,20,21,22). The van der Waals surface area contributed by atoms with Crippen LogP contribution in [0, 0.1) is 0 Å². The number of aromatic nitrogens is 3. The van der Waals surface area contributed by atoms with Crippen LogP contribution in [0.4, 0.5) is 5.69 Å². The number of hydrogen-bond acceptors (Lipinski definition) is 4. The molecular formula is C16H12Cl2N4OS. The molecule has 1 amide bonds. The van der Waals surface area contributed by atoms with Crippen molar-refractivity contribution in [1.29, 1.82) is 0 Å². The maximum absolute atomic E-state index is 12.0. The molecule has 0 bridgehead atoms. The fourth-order valence-corrected chi connectivity index (χ4v) is 2.83. The molecule has 122 valence electrons. The van der Waals surface area contributed by atoms with Gasteiger partial charge in [0.1, 0.15) is 0 Å². The van der Waals surface area contributed by atoms with E-state index < -0.39 is 0 Å². The predicted octanol–water partition coefficient (Wildman–Crippen LogP) is 4.51. The van der Waals surface area contributed by atoms with Gasteiger partial charge >= 0.3 is 0 Å². The molecule has 0 aliphatic heterocycles. The van der Waals surface area contributed by atoms with E-state index in [4.69, 9.17) is 23.2 Å². The first kappa shape index (κ1) is 16.8. The average Bonchev–Trinajstić information content (AvgIpc) is 3.06. The summed E-state index contributed by atoms with van der Waals surface area (Å²) in [6.45, 7) is 0. The molecule has 0 atom stereocenters. The summed E-state index contributed by atoms with van der Waals surface area (Å²) in [5.74, 6) is 0.680. The third-order valence-electron chi connectivity index (χ3n) is 3.05. The number of rotatable bonds is 5. The van der Waals surface area contributed by atoms with Crippen LogP contribution in [0.15, 0.2) is 53.7 Å². The number of thioether (sulfide) groups is 1. The number of amides is 1. The van der Waals surface area contributed by atoms with Gasteiger partial charge in [-0.15, -0.1) is 5.10 Å². The first-order valence-electron chi connectivity index (χ1n) is 6.97. The molecule has 0 unspecified atom stereocenters. The zero-order valence-corrected chi connectivity index (χ0v) is 14.6. The van der Waals surface area contributed by atoms with Gasteiger partial charge in [-0.25, -0.2) is 4.98 Å². The summed E-state index contributed by atoms with van der Waals surface area (Å²) in [4.78, 5) is 16.3. The van der Waals surface area contributed by atoms with Crippen LogP contribution in [0.1, 0.15) is 0 Å². The molecule has 0 aliphatic carbocycles. The van der Waals surface area contributed by atoms with Crippen molar-refractivity contribution in [2.24, 2.45) is 0 Å². The van der Waals surface area contributed by atoms with Gasteiger partial charge in [0.05, 0.1) is 15.8 Å². The Balaban J connectivity index is 1.56. The van der Waals surface area contributed by atoms with E-state index in [0.29, 0.717) is 26.7 Å². The Morgan fingerprint density at radius 2 is 1.92 bits per heavy atom. The Hall–Kier alpha value is -2.02. The number of aromatic amines is 1. The van der Waals surface area contributed by atoms with Crippen molar-refractivity contribution in [3.05, 3.63) is 58.6 Å². The molecular weight excluding hydrogens is 367 g/mol. The topological polar surface area (TPSA) is 70.7 Å². The van der Waals surface area contributed by atoms with Crippen molar-refractivity contribution in [2.45, 2.75) is 5.16 Å². The molecule has 2 N–H and O–H groups in total. The Kier molecular flexibility index (Phi) is 5.40. The van der Waals surface area contributed by atoms with Crippen molar-refractivity contribution < 1.29 is 4.79 Å². The molecule has 3 rings (SSSR count). The highest BCUT2D eigenvalue weighted by Crippen LogP contribution is 2.25. The molecule has 0 saturated heterocycles. The minimum absolute atomic E-state index is 0.176. The number of nitrogens with one attached hydrogen (secondary N) is 2. The summed E-state index contributed by atoms with van der Waals surface area (Å²) < 4.78 is 0. The summed E-state index contributed by atoms with van der Waals surface area (Å²) in [7, 11) is 0. The molecule has 3 aromatic rings. The zero-order valence-electron chi connectivity index (χ0n) is 12.3. The average molecular weight is 379 g/mol. The predicted molar refractivity (Wildman–Crippen MR) is 97.6 cm³/mol. The lowest BCUT2D eigenvalue weighted by atomic mass is 10.2. The minimum atomic E-state index is -0.176. The van der Waals surface area contributed by atoms with E-state index in [9.17, 15) is 4.79 Å². The number of H-pyrrole nitrogens is 1. The van der Waals surface area contributed by atoms with E-state index >= 15 is 0 Å². The van der Waals surface area contributed by atoms with Crippen molar-refractivity contribution >= 4 is 46.6 Å². The van der Waals surface area contributed by atoms with Crippen LogP contribution < -0.4 is 5.32 Å². The van der Waals surface area contributed by atoms with Gasteiger partial charge in [-0.2, -0.15) is 0 Å². The normalized spacial score (nSPS) is 10.6. The van der Waals surface area contributed by atoms with Crippen molar-refractivity contribution in [3.63, 3.8) is 0 Å². The maximum atomic E-state index is 12.0. The molecule has 1 heterocycles. The molecule has 0 spiro atoms. The molecule has 0 fully saturated rings. The number of halogens is 2. The number of carbonyl (C=O) groups excluding carboxylic acids is 1. The third kappa shape index (κ3) is 4.29. The first-order valence-corrected chi connectivity index (χ1v) is 8.71.